The van der Waals surface area contributed by atoms with Gasteiger partial charge in [-0.25, -0.2) is 4.39 Å². The standard InChI is InChI=1S/C20H24F3N3O2/c1-6-26-10-9-14(16(26)20(22,23)18(28)25-19(3,4)5)17(27)24-13-7-8-15(21)12(2)11-13/h7-11H,6H2,1-5H3,(H,24,27)(H,25,28). The Labute approximate surface area is 161 Å². The molecule has 28 heavy (non-hydrogen) atoms. The third kappa shape index (κ3) is 4.55. The SMILES string of the molecule is CCn1ccc(C(=O)Nc2ccc(F)c(C)c2)c1C(F)(F)C(=O)NC(C)(C)C. The van der Waals surface area contributed by atoms with E-state index in [0.717, 1.165) is 4.57 Å². The van der Waals surface area contributed by atoms with Crippen molar-refractivity contribution in [2.75, 3.05) is 5.32 Å². The number of amides is 2. The summed E-state index contributed by atoms with van der Waals surface area (Å²) in [7, 11) is 0. The van der Waals surface area contributed by atoms with Crippen LogP contribution in [0.2, 0.25) is 0 Å². The quantitative estimate of drug-likeness (QED) is 0.797. The number of carbonyl (C=O) groups excluding carboxylic acids is 2. The zero-order valence-electron chi connectivity index (χ0n) is 16.5. The second-order valence-electron chi connectivity index (χ2n) is 7.56. The maximum atomic E-state index is 15.0. The first kappa shape index (κ1) is 21.5. The van der Waals surface area contributed by atoms with Gasteiger partial charge in [0.1, 0.15) is 11.5 Å². The molecule has 152 valence electrons. The van der Waals surface area contributed by atoms with Crippen molar-refractivity contribution in [2.45, 2.75) is 52.6 Å². The Kier molecular flexibility index (Phi) is 5.91. The van der Waals surface area contributed by atoms with Crippen molar-refractivity contribution >= 4 is 17.5 Å². The molecule has 0 atom stereocenters. The van der Waals surface area contributed by atoms with Gasteiger partial charge >= 0.3 is 5.92 Å². The molecule has 2 rings (SSSR count). The summed E-state index contributed by atoms with van der Waals surface area (Å²) in [5.74, 6) is -6.66. The maximum Gasteiger partial charge on any atom is 0.364 e. The molecular weight excluding hydrogens is 371 g/mol. The summed E-state index contributed by atoms with van der Waals surface area (Å²) in [5.41, 5.74) is -1.30. The van der Waals surface area contributed by atoms with Crippen LogP contribution >= 0.6 is 0 Å². The van der Waals surface area contributed by atoms with Crippen LogP contribution in [-0.4, -0.2) is 21.9 Å². The predicted molar refractivity (Wildman–Crippen MR) is 101 cm³/mol. The average molecular weight is 395 g/mol. The molecule has 8 heteroatoms. The molecule has 2 aromatic rings. The zero-order chi connectivity index (χ0) is 21.3. The number of aryl methyl sites for hydroxylation is 2. The topological polar surface area (TPSA) is 63.1 Å². The molecule has 0 fully saturated rings. The number of aromatic nitrogens is 1. The molecule has 2 amide bonds. The van der Waals surface area contributed by atoms with Gasteiger partial charge in [-0.2, -0.15) is 8.78 Å². The highest BCUT2D eigenvalue weighted by molar-refractivity contribution is 6.06. The van der Waals surface area contributed by atoms with E-state index in [-0.39, 0.29) is 17.8 Å². The summed E-state index contributed by atoms with van der Waals surface area (Å²) in [6, 6.07) is 5.15. The van der Waals surface area contributed by atoms with E-state index < -0.39 is 34.8 Å². The highest BCUT2D eigenvalue weighted by atomic mass is 19.3. The van der Waals surface area contributed by atoms with Crippen molar-refractivity contribution < 1.29 is 22.8 Å². The van der Waals surface area contributed by atoms with Crippen molar-refractivity contribution in [1.29, 1.82) is 0 Å². The van der Waals surface area contributed by atoms with E-state index in [4.69, 9.17) is 0 Å². The number of hydrogen-bond donors (Lipinski definition) is 2. The van der Waals surface area contributed by atoms with Crippen LogP contribution in [0.4, 0.5) is 18.9 Å². The molecule has 0 aliphatic heterocycles. The molecule has 0 bridgehead atoms. The van der Waals surface area contributed by atoms with Crippen LogP contribution < -0.4 is 10.6 Å². The third-order valence-corrected chi connectivity index (χ3v) is 4.04. The Morgan fingerprint density at radius 3 is 2.32 bits per heavy atom. The molecule has 1 aromatic carbocycles. The number of benzene rings is 1. The van der Waals surface area contributed by atoms with Crippen LogP contribution in [0.15, 0.2) is 30.5 Å². The number of halogens is 3. The van der Waals surface area contributed by atoms with Gasteiger partial charge in [0.2, 0.25) is 0 Å². The third-order valence-electron chi connectivity index (χ3n) is 4.04. The van der Waals surface area contributed by atoms with Crippen LogP contribution in [-0.2, 0) is 17.3 Å². The first-order valence-corrected chi connectivity index (χ1v) is 8.84. The Hall–Kier alpha value is -2.77. The van der Waals surface area contributed by atoms with Gasteiger partial charge in [-0.15, -0.1) is 0 Å². The summed E-state index contributed by atoms with van der Waals surface area (Å²) in [4.78, 5) is 24.8. The maximum absolute atomic E-state index is 15.0. The summed E-state index contributed by atoms with van der Waals surface area (Å²) in [5, 5.41) is 4.73. The number of anilines is 1. The number of alkyl halides is 2. The second-order valence-corrected chi connectivity index (χ2v) is 7.56. The van der Waals surface area contributed by atoms with Crippen molar-refractivity contribution in [1.82, 2.24) is 9.88 Å². The van der Waals surface area contributed by atoms with Crippen LogP contribution in [0.5, 0.6) is 0 Å². The molecule has 0 unspecified atom stereocenters. The predicted octanol–water partition coefficient (Wildman–Crippen LogP) is 4.21. The molecule has 1 aromatic heterocycles. The van der Waals surface area contributed by atoms with E-state index in [1.165, 1.54) is 37.4 Å². The Balaban J connectivity index is 2.41. The average Bonchev–Trinajstić information content (AvgIpc) is 3.01. The van der Waals surface area contributed by atoms with Crippen molar-refractivity contribution in [2.24, 2.45) is 0 Å². The van der Waals surface area contributed by atoms with Gasteiger partial charge in [0.25, 0.3) is 11.8 Å². The Morgan fingerprint density at radius 2 is 1.79 bits per heavy atom. The first-order valence-electron chi connectivity index (χ1n) is 8.84. The van der Waals surface area contributed by atoms with Crippen LogP contribution in [0.25, 0.3) is 0 Å². The molecule has 0 radical (unpaired) electrons. The molecule has 2 N–H and O–H groups in total. The largest absolute Gasteiger partial charge is 0.364 e. The van der Waals surface area contributed by atoms with Gasteiger partial charge in [-0.05, 0) is 64.4 Å². The second kappa shape index (κ2) is 7.69. The van der Waals surface area contributed by atoms with Gasteiger partial charge in [-0.3, -0.25) is 9.59 Å². The molecule has 5 nitrogen and oxygen atoms in total. The highest BCUT2D eigenvalue weighted by Gasteiger charge is 2.47. The van der Waals surface area contributed by atoms with Crippen LogP contribution in [0.3, 0.4) is 0 Å². The summed E-state index contributed by atoms with van der Waals surface area (Å²) in [6.45, 7) is 8.07. The first-order chi connectivity index (χ1) is 12.9. The minimum Gasteiger partial charge on any atom is -0.346 e. The van der Waals surface area contributed by atoms with E-state index in [0.29, 0.717) is 5.56 Å². The van der Waals surface area contributed by atoms with Gasteiger partial charge in [0.05, 0.1) is 5.56 Å². The normalized spacial score (nSPS) is 12.0. The van der Waals surface area contributed by atoms with E-state index in [2.05, 4.69) is 10.6 Å². The van der Waals surface area contributed by atoms with Crippen molar-refractivity contribution in [3.63, 3.8) is 0 Å². The van der Waals surface area contributed by atoms with Gasteiger partial charge in [-0.1, -0.05) is 0 Å². The van der Waals surface area contributed by atoms with Gasteiger partial charge < -0.3 is 15.2 Å². The number of hydrogen-bond acceptors (Lipinski definition) is 2. The molecule has 0 spiro atoms. The highest BCUT2D eigenvalue weighted by Crippen LogP contribution is 2.33. The van der Waals surface area contributed by atoms with Gasteiger partial charge in [0, 0.05) is 24.0 Å². The van der Waals surface area contributed by atoms with Crippen LogP contribution in [0, 0.1) is 12.7 Å². The smallest absolute Gasteiger partial charge is 0.346 e. The van der Waals surface area contributed by atoms with Crippen molar-refractivity contribution in [3.8, 4) is 0 Å². The molecule has 0 aliphatic carbocycles. The number of rotatable bonds is 5. The molecule has 0 saturated carbocycles. The molecule has 1 heterocycles. The van der Waals surface area contributed by atoms with Crippen molar-refractivity contribution in [3.05, 3.63) is 53.1 Å². The number of nitrogens with zero attached hydrogens (tertiary/aromatic N) is 1. The number of nitrogens with one attached hydrogen (secondary N) is 2. The minimum atomic E-state index is -3.92. The molecule has 0 saturated heterocycles. The number of carbonyl (C=O) groups is 2. The fourth-order valence-corrected chi connectivity index (χ4v) is 2.72. The zero-order valence-corrected chi connectivity index (χ0v) is 16.5. The summed E-state index contributed by atoms with van der Waals surface area (Å²) in [6.07, 6.45) is 1.33. The van der Waals surface area contributed by atoms with E-state index in [1.54, 1.807) is 27.7 Å². The Bertz CT molecular complexity index is 899. The fraction of sp³-hybridized carbons (Fsp3) is 0.400. The molecule has 0 aliphatic rings. The van der Waals surface area contributed by atoms with E-state index in [9.17, 15) is 22.8 Å². The van der Waals surface area contributed by atoms with Crippen LogP contribution in [0.1, 0.15) is 49.3 Å². The Morgan fingerprint density at radius 1 is 1.14 bits per heavy atom. The lowest BCUT2D eigenvalue weighted by molar-refractivity contribution is -0.149. The lowest BCUT2D eigenvalue weighted by atomic mass is 10.1. The minimum absolute atomic E-state index is 0.149. The van der Waals surface area contributed by atoms with Gasteiger partial charge in [0.15, 0.2) is 0 Å². The fourth-order valence-electron chi connectivity index (χ4n) is 2.72. The summed E-state index contributed by atoms with van der Waals surface area (Å²) < 4.78 is 44.5. The lowest BCUT2D eigenvalue weighted by Crippen LogP contribution is -2.48. The lowest BCUT2D eigenvalue weighted by Gasteiger charge is -2.26. The summed E-state index contributed by atoms with van der Waals surface area (Å²) >= 11 is 0. The van der Waals surface area contributed by atoms with E-state index in [1.807, 2.05) is 0 Å². The van der Waals surface area contributed by atoms with E-state index >= 15 is 0 Å². The monoisotopic (exact) mass is 395 g/mol. The molecular formula is C20H24F3N3O2.